The quantitative estimate of drug-likeness (QED) is 0.486. The molecule has 0 aliphatic carbocycles. The predicted octanol–water partition coefficient (Wildman–Crippen LogP) is 4.00. The van der Waals surface area contributed by atoms with E-state index in [1.54, 1.807) is 0 Å². The molecule has 0 spiro atoms. The minimum Gasteiger partial charge on any atom is -0.454 e. The lowest BCUT2D eigenvalue weighted by Crippen LogP contribution is -2.11. The third-order valence-corrected chi connectivity index (χ3v) is 3.89. The van der Waals surface area contributed by atoms with Crippen molar-refractivity contribution in [2.24, 2.45) is 0 Å². The van der Waals surface area contributed by atoms with Gasteiger partial charge in [-0.1, -0.05) is 41.4 Å². The zero-order valence-electron chi connectivity index (χ0n) is 13.6. The molecule has 0 saturated carbocycles. The molecule has 0 aliphatic heterocycles. The van der Waals surface area contributed by atoms with Gasteiger partial charge in [0.1, 0.15) is 5.82 Å². The van der Waals surface area contributed by atoms with Crippen molar-refractivity contribution in [3.05, 3.63) is 69.7 Å². The molecule has 0 fully saturated rings. The normalized spacial score (nSPS) is 10.5. The minimum absolute atomic E-state index is 0.0343. The van der Waals surface area contributed by atoms with Crippen molar-refractivity contribution in [3.8, 4) is 0 Å². The third-order valence-electron chi connectivity index (χ3n) is 3.29. The molecule has 2 aromatic carbocycles. The summed E-state index contributed by atoms with van der Waals surface area (Å²) in [7, 11) is 0. The van der Waals surface area contributed by atoms with Gasteiger partial charge in [-0.05, 0) is 24.3 Å². The van der Waals surface area contributed by atoms with E-state index in [9.17, 15) is 9.18 Å². The van der Waals surface area contributed by atoms with Crippen LogP contribution in [0.5, 0.6) is 0 Å². The van der Waals surface area contributed by atoms with Gasteiger partial charge in [0, 0.05) is 5.69 Å². The number of nitrogens with two attached hydrogens (primary N) is 1. The fourth-order valence-corrected chi connectivity index (χ4v) is 2.56. The van der Waals surface area contributed by atoms with Crippen LogP contribution in [0.4, 0.5) is 22.0 Å². The van der Waals surface area contributed by atoms with Gasteiger partial charge in [-0.25, -0.2) is 9.18 Å². The van der Waals surface area contributed by atoms with Gasteiger partial charge in [-0.2, -0.15) is 15.0 Å². The number of halogens is 3. The van der Waals surface area contributed by atoms with Crippen LogP contribution in [-0.2, 0) is 11.3 Å². The summed E-state index contributed by atoms with van der Waals surface area (Å²) in [6.07, 6.45) is 0. The van der Waals surface area contributed by atoms with Gasteiger partial charge in [0.15, 0.2) is 12.4 Å². The Kier molecular flexibility index (Phi) is 5.68. The molecule has 0 amide bonds. The molecule has 3 N–H and O–H groups in total. The van der Waals surface area contributed by atoms with Crippen LogP contribution in [0.15, 0.2) is 42.5 Å². The Bertz CT molecular complexity index is 989. The van der Waals surface area contributed by atoms with Crippen LogP contribution >= 0.6 is 23.2 Å². The number of carbonyl (C=O) groups excluding carboxylic acids is 1. The fraction of sp³-hybridized carbons (Fsp3) is 0.0588. The minimum atomic E-state index is -0.855. The molecule has 1 heterocycles. The van der Waals surface area contributed by atoms with Crippen LogP contribution in [0.2, 0.25) is 10.0 Å². The Balaban J connectivity index is 1.72. The molecular formula is C17H12Cl2FN5O2. The number of nitrogens with zero attached hydrogens (tertiary/aromatic N) is 3. The van der Waals surface area contributed by atoms with E-state index >= 15 is 0 Å². The first-order chi connectivity index (χ1) is 12.9. The largest absolute Gasteiger partial charge is 0.454 e. The molecule has 0 bridgehead atoms. The van der Waals surface area contributed by atoms with Crippen molar-refractivity contribution >= 4 is 46.8 Å². The Morgan fingerprint density at radius 1 is 1.11 bits per heavy atom. The van der Waals surface area contributed by atoms with Crippen LogP contribution in [0.1, 0.15) is 16.2 Å². The van der Waals surface area contributed by atoms with Crippen LogP contribution in [0.25, 0.3) is 0 Å². The standard InChI is InChI=1S/C17H12Cl2FN5O2/c18-11-7-12(19)13(20)6-10(11)15(26)27-8-14-23-16(21)25-17(24-14)22-9-4-2-1-3-5-9/h1-7H,8H2,(H3,21,22,23,24,25). The third kappa shape index (κ3) is 4.81. The molecule has 0 atom stereocenters. The van der Waals surface area contributed by atoms with Crippen LogP contribution in [0.3, 0.4) is 0 Å². The Hall–Kier alpha value is -2.97. The summed E-state index contributed by atoms with van der Waals surface area (Å²) in [5.74, 6) is -1.39. The highest BCUT2D eigenvalue weighted by molar-refractivity contribution is 6.36. The van der Waals surface area contributed by atoms with E-state index in [4.69, 9.17) is 33.7 Å². The van der Waals surface area contributed by atoms with E-state index in [1.165, 1.54) is 0 Å². The lowest BCUT2D eigenvalue weighted by Gasteiger charge is -2.09. The van der Waals surface area contributed by atoms with Crippen molar-refractivity contribution in [3.63, 3.8) is 0 Å². The molecule has 3 rings (SSSR count). The number of aromatic nitrogens is 3. The van der Waals surface area contributed by atoms with Gasteiger partial charge in [0.05, 0.1) is 15.6 Å². The first kappa shape index (κ1) is 18.8. The number of hydrogen-bond acceptors (Lipinski definition) is 7. The highest BCUT2D eigenvalue weighted by atomic mass is 35.5. The molecule has 3 aromatic rings. The average Bonchev–Trinajstić information content (AvgIpc) is 2.63. The fourth-order valence-electron chi connectivity index (χ4n) is 2.10. The number of rotatable bonds is 5. The number of anilines is 3. The van der Waals surface area contributed by atoms with Crippen molar-refractivity contribution in [2.75, 3.05) is 11.1 Å². The summed E-state index contributed by atoms with van der Waals surface area (Å²) in [4.78, 5) is 24.1. The first-order valence-electron chi connectivity index (χ1n) is 7.56. The highest BCUT2D eigenvalue weighted by Gasteiger charge is 2.16. The van der Waals surface area contributed by atoms with Gasteiger partial charge >= 0.3 is 5.97 Å². The summed E-state index contributed by atoms with van der Waals surface area (Å²) in [6, 6.07) is 11.2. The predicted molar refractivity (Wildman–Crippen MR) is 99.5 cm³/mol. The SMILES string of the molecule is Nc1nc(COC(=O)c2cc(F)c(Cl)cc2Cl)nc(Nc2ccccc2)n1. The molecule has 10 heteroatoms. The summed E-state index contributed by atoms with van der Waals surface area (Å²) in [6.45, 7) is -0.310. The highest BCUT2D eigenvalue weighted by Crippen LogP contribution is 2.25. The zero-order chi connectivity index (χ0) is 19.4. The second-order valence-corrected chi connectivity index (χ2v) is 6.06. The van der Waals surface area contributed by atoms with Gasteiger partial charge in [-0.3, -0.25) is 0 Å². The zero-order valence-corrected chi connectivity index (χ0v) is 15.1. The number of ether oxygens (including phenoxy) is 1. The molecule has 7 nitrogen and oxygen atoms in total. The average molecular weight is 408 g/mol. The van der Waals surface area contributed by atoms with Gasteiger partial charge in [-0.15, -0.1) is 0 Å². The molecule has 0 radical (unpaired) electrons. The van der Waals surface area contributed by atoms with Crippen molar-refractivity contribution in [2.45, 2.75) is 6.61 Å². The molecule has 0 saturated heterocycles. The molecule has 138 valence electrons. The maximum atomic E-state index is 13.5. The number of carbonyl (C=O) groups is 1. The van der Waals surface area contributed by atoms with E-state index < -0.39 is 11.8 Å². The number of nitrogen functional groups attached to an aromatic ring is 1. The number of esters is 1. The van der Waals surface area contributed by atoms with Crippen molar-refractivity contribution in [1.29, 1.82) is 0 Å². The maximum Gasteiger partial charge on any atom is 0.340 e. The monoisotopic (exact) mass is 407 g/mol. The molecular weight excluding hydrogens is 396 g/mol. The van der Waals surface area contributed by atoms with Crippen LogP contribution < -0.4 is 11.1 Å². The topological polar surface area (TPSA) is 103 Å². The second-order valence-electron chi connectivity index (χ2n) is 5.25. The Labute approximate surface area is 163 Å². The van der Waals surface area contributed by atoms with Gasteiger partial charge in [0.25, 0.3) is 0 Å². The number of benzene rings is 2. The summed E-state index contributed by atoms with van der Waals surface area (Å²) in [5, 5.41) is 2.73. The molecule has 1 aromatic heterocycles. The number of nitrogens with one attached hydrogen (secondary N) is 1. The molecule has 0 aliphatic rings. The number of hydrogen-bond donors (Lipinski definition) is 2. The van der Waals surface area contributed by atoms with E-state index in [0.717, 1.165) is 17.8 Å². The molecule has 0 unspecified atom stereocenters. The lowest BCUT2D eigenvalue weighted by atomic mass is 10.2. The lowest BCUT2D eigenvalue weighted by molar-refractivity contribution is 0.0462. The summed E-state index contributed by atoms with van der Waals surface area (Å²) in [5.41, 5.74) is 6.24. The number of para-hydroxylation sites is 1. The Morgan fingerprint density at radius 2 is 1.85 bits per heavy atom. The van der Waals surface area contributed by atoms with Crippen LogP contribution in [-0.4, -0.2) is 20.9 Å². The van der Waals surface area contributed by atoms with E-state index in [1.807, 2.05) is 30.3 Å². The van der Waals surface area contributed by atoms with Gasteiger partial charge in [0.2, 0.25) is 11.9 Å². The summed E-state index contributed by atoms with van der Waals surface area (Å²) < 4.78 is 18.6. The van der Waals surface area contributed by atoms with Crippen molar-refractivity contribution < 1.29 is 13.9 Å². The van der Waals surface area contributed by atoms with E-state index in [-0.39, 0.29) is 39.9 Å². The van der Waals surface area contributed by atoms with E-state index in [0.29, 0.717) is 0 Å². The molecule has 27 heavy (non-hydrogen) atoms. The van der Waals surface area contributed by atoms with Gasteiger partial charge < -0.3 is 15.8 Å². The summed E-state index contributed by atoms with van der Waals surface area (Å²) >= 11 is 11.5. The Morgan fingerprint density at radius 3 is 2.59 bits per heavy atom. The second kappa shape index (κ2) is 8.15. The maximum absolute atomic E-state index is 13.5. The van der Waals surface area contributed by atoms with Crippen molar-refractivity contribution in [1.82, 2.24) is 15.0 Å². The van der Waals surface area contributed by atoms with Crippen LogP contribution in [0, 0.1) is 5.82 Å². The van der Waals surface area contributed by atoms with E-state index in [2.05, 4.69) is 20.3 Å². The first-order valence-corrected chi connectivity index (χ1v) is 8.32. The smallest absolute Gasteiger partial charge is 0.340 e.